The van der Waals surface area contributed by atoms with Gasteiger partial charge in [0.05, 0.1) is 33.3 Å². The molecule has 0 fully saturated rings. The Morgan fingerprint density at radius 3 is 2.60 bits per heavy atom. The van der Waals surface area contributed by atoms with Crippen molar-refractivity contribution in [3.05, 3.63) is 71.6 Å². The molecule has 1 aliphatic heterocycles. The van der Waals surface area contributed by atoms with Crippen molar-refractivity contribution in [2.24, 2.45) is 0 Å². The zero-order valence-electron chi connectivity index (χ0n) is 19.7. The number of carbonyl (C=O) groups excluding carboxylic acids is 1. The molecule has 1 amide bonds. The highest BCUT2D eigenvalue weighted by molar-refractivity contribution is 7.91. The number of hydrogen-bond donors (Lipinski definition) is 1. The third kappa shape index (κ3) is 3.93. The number of nitrogens with one attached hydrogen (secondary N) is 1. The van der Waals surface area contributed by atoms with Crippen LogP contribution in [-0.2, 0) is 21.1 Å². The average molecular weight is 494 g/mol. The minimum atomic E-state index is -2.92. The van der Waals surface area contributed by atoms with Crippen molar-refractivity contribution in [3.63, 3.8) is 0 Å². The predicted octanol–water partition coefficient (Wildman–Crippen LogP) is 4.50. The van der Waals surface area contributed by atoms with Crippen LogP contribution in [0.4, 0.5) is 10.1 Å². The summed E-state index contributed by atoms with van der Waals surface area (Å²) in [6.07, 6.45) is 2.45. The van der Waals surface area contributed by atoms with Gasteiger partial charge < -0.3 is 9.14 Å². The third-order valence-electron chi connectivity index (χ3n) is 6.14. The molecule has 1 unspecified atom stereocenters. The molecule has 2 atom stereocenters. The van der Waals surface area contributed by atoms with E-state index in [0.717, 1.165) is 22.5 Å². The van der Waals surface area contributed by atoms with Crippen molar-refractivity contribution in [3.8, 4) is 16.9 Å². The SMILES string of the molecule is Cc1nc(S(C)(=N)=O)ccc1-c1ccc2nc(C)c(CN3C(=O)[C@@H](C)Oc4c(F)cccc43)n2c1. The summed E-state index contributed by atoms with van der Waals surface area (Å²) in [7, 11) is -2.92. The number of imidazole rings is 1. The first-order valence-corrected chi connectivity index (χ1v) is 13.0. The van der Waals surface area contributed by atoms with E-state index in [-0.39, 0.29) is 23.2 Å². The van der Waals surface area contributed by atoms with Gasteiger partial charge in [0.15, 0.2) is 17.7 Å². The molecular formula is C25H24FN5O3S. The quantitative estimate of drug-likeness (QED) is 0.451. The van der Waals surface area contributed by atoms with Crippen molar-refractivity contribution in [1.29, 1.82) is 4.78 Å². The van der Waals surface area contributed by atoms with E-state index in [4.69, 9.17) is 9.52 Å². The lowest BCUT2D eigenvalue weighted by Crippen LogP contribution is -2.44. The second kappa shape index (κ2) is 8.16. The fraction of sp³-hybridized carbons (Fsp3) is 0.240. The van der Waals surface area contributed by atoms with Gasteiger partial charge in [-0.05, 0) is 57.2 Å². The van der Waals surface area contributed by atoms with Crippen molar-refractivity contribution in [2.45, 2.75) is 38.4 Å². The highest BCUT2D eigenvalue weighted by Crippen LogP contribution is 2.37. The number of benzene rings is 1. The Morgan fingerprint density at radius 1 is 1.11 bits per heavy atom. The van der Waals surface area contributed by atoms with Gasteiger partial charge in [-0.1, -0.05) is 6.07 Å². The van der Waals surface area contributed by atoms with Gasteiger partial charge in [0.25, 0.3) is 5.91 Å². The van der Waals surface area contributed by atoms with E-state index in [1.807, 2.05) is 42.6 Å². The molecule has 5 rings (SSSR count). The van der Waals surface area contributed by atoms with Crippen LogP contribution < -0.4 is 9.64 Å². The summed E-state index contributed by atoms with van der Waals surface area (Å²) in [5.74, 6) is -0.711. The molecular weight excluding hydrogens is 469 g/mol. The molecule has 35 heavy (non-hydrogen) atoms. The van der Waals surface area contributed by atoms with Crippen LogP contribution in [0.3, 0.4) is 0 Å². The summed E-state index contributed by atoms with van der Waals surface area (Å²) in [6, 6.07) is 11.8. The maximum Gasteiger partial charge on any atom is 0.268 e. The predicted molar refractivity (Wildman–Crippen MR) is 131 cm³/mol. The van der Waals surface area contributed by atoms with Crippen LogP contribution in [0.25, 0.3) is 16.8 Å². The smallest absolute Gasteiger partial charge is 0.268 e. The second-order valence-electron chi connectivity index (χ2n) is 8.69. The molecule has 180 valence electrons. The number of rotatable bonds is 4. The first-order chi connectivity index (χ1) is 16.5. The fourth-order valence-corrected chi connectivity index (χ4v) is 4.96. The van der Waals surface area contributed by atoms with Crippen LogP contribution in [-0.4, -0.2) is 36.8 Å². The summed E-state index contributed by atoms with van der Waals surface area (Å²) in [6.45, 7) is 5.48. The number of ether oxygens (including phenoxy) is 1. The van der Waals surface area contributed by atoms with Crippen molar-refractivity contribution in [2.75, 3.05) is 11.2 Å². The van der Waals surface area contributed by atoms with E-state index in [1.165, 1.54) is 17.2 Å². The lowest BCUT2D eigenvalue weighted by atomic mass is 10.1. The number of halogens is 1. The highest BCUT2D eigenvalue weighted by atomic mass is 32.2. The zero-order chi connectivity index (χ0) is 25.1. The Morgan fingerprint density at radius 2 is 1.89 bits per heavy atom. The van der Waals surface area contributed by atoms with Gasteiger partial charge in [-0.2, -0.15) is 0 Å². The molecule has 0 bridgehead atoms. The van der Waals surface area contributed by atoms with Gasteiger partial charge in [-0.3, -0.25) is 9.69 Å². The molecule has 8 nitrogen and oxygen atoms in total. The van der Waals surface area contributed by atoms with Crippen LogP contribution in [0.2, 0.25) is 0 Å². The topological polar surface area (TPSA) is 101 Å². The number of amides is 1. The molecule has 1 aromatic carbocycles. The lowest BCUT2D eigenvalue weighted by Gasteiger charge is -2.33. The Balaban J connectivity index is 1.59. The largest absolute Gasteiger partial charge is 0.476 e. The monoisotopic (exact) mass is 493 g/mol. The molecule has 0 saturated heterocycles. The Bertz CT molecular complexity index is 1610. The Hall–Kier alpha value is -3.79. The minimum absolute atomic E-state index is 0.0652. The molecule has 1 aliphatic rings. The van der Waals surface area contributed by atoms with E-state index in [2.05, 4.69) is 9.97 Å². The average Bonchev–Trinajstić information content (AvgIpc) is 3.11. The molecule has 3 aromatic heterocycles. The summed E-state index contributed by atoms with van der Waals surface area (Å²) in [5, 5.41) is 0.241. The number of pyridine rings is 2. The van der Waals surface area contributed by atoms with E-state index >= 15 is 0 Å². The summed E-state index contributed by atoms with van der Waals surface area (Å²) >= 11 is 0. The van der Waals surface area contributed by atoms with E-state index in [1.54, 1.807) is 25.1 Å². The Labute approximate surface area is 202 Å². The van der Waals surface area contributed by atoms with E-state index in [9.17, 15) is 13.4 Å². The van der Waals surface area contributed by atoms with Gasteiger partial charge in [0.2, 0.25) is 0 Å². The highest BCUT2D eigenvalue weighted by Gasteiger charge is 2.34. The van der Waals surface area contributed by atoms with Gasteiger partial charge in [0, 0.05) is 29.3 Å². The summed E-state index contributed by atoms with van der Waals surface area (Å²) < 4.78 is 41.7. The zero-order valence-corrected chi connectivity index (χ0v) is 20.5. The minimum Gasteiger partial charge on any atom is -0.476 e. The lowest BCUT2D eigenvalue weighted by molar-refractivity contribution is -0.125. The molecule has 4 aromatic rings. The molecule has 10 heteroatoms. The van der Waals surface area contributed by atoms with Crippen LogP contribution in [0.15, 0.2) is 53.7 Å². The molecule has 0 saturated carbocycles. The number of para-hydroxylation sites is 1. The molecule has 0 aliphatic carbocycles. The number of nitrogens with zero attached hydrogens (tertiary/aromatic N) is 4. The molecule has 0 spiro atoms. The maximum absolute atomic E-state index is 14.4. The van der Waals surface area contributed by atoms with Gasteiger partial charge in [-0.25, -0.2) is 23.3 Å². The second-order valence-corrected chi connectivity index (χ2v) is 10.8. The Kier molecular flexibility index (Phi) is 5.36. The van der Waals surface area contributed by atoms with E-state index in [0.29, 0.717) is 17.0 Å². The van der Waals surface area contributed by atoms with Crippen LogP contribution in [0.1, 0.15) is 24.0 Å². The maximum atomic E-state index is 14.4. The number of carbonyl (C=O) groups is 1. The standard InChI is InChI=1S/C25H24FN5O3S/c1-14-18(9-11-23(29-14)35(4,27)33)17-8-10-22-28-15(2)21(30(22)12-17)13-31-20-7-5-6-19(26)24(20)34-16(3)25(31)32/h5-12,16,27H,13H2,1-4H3/t16-,35?/m1/s1. The van der Waals surface area contributed by atoms with Crippen LogP contribution in [0.5, 0.6) is 5.75 Å². The van der Waals surface area contributed by atoms with Gasteiger partial charge >= 0.3 is 0 Å². The molecule has 0 radical (unpaired) electrons. The normalized spacial score (nSPS) is 17.2. The van der Waals surface area contributed by atoms with Crippen LogP contribution in [0, 0.1) is 24.4 Å². The number of aromatic nitrogens is 3. The van der Waals surface area contributed by atoms with Crippen molar-refractivity contribution in [1.82, 2.24) is 14.4 Å². The summed E-state index contributed by atoms with van der Waals surface area (Å²) in [5.41, 5.74) is 4.96. The summed E-state index contributed by atoms with van der Waals surface area (Å²) in [4.78, 5) is 23.6. The van der Waals surface area contributed by atoms with Crippen LogP contribution >= 0.6 is 0 Å². The first-order valence-electron chi connectivity index (χ1n) is 11.0. The van der Waals surface area contributed by atoms with Gasteiger partial charge in [-0.15, -0.1) is 0 Å². The first kappa shape index (κ1) is 23.0. The number of anilines is 1. The van der Waals surface area contributed by atoms with Gasteiger partial charge in [0.1, 0.15) is 10.7 Å². The third-order valence-corrected chi connectivity index (χ3v) is 7.17. The number of hydrogen-bond acceptors (Lipinski definition) is 6. The van der Waals surface area contributed by atoms with E-state index < -0.39 is 21.7 Å². The number of fused-ring (bicyclic) bond motifs is 2. The molecule has 1 N–H and O–H groups in total. The van der Waals surface area contributed by atoms with Crippen molar-refractivity contribution >= 4 is 27.0 Å². The fourth-order valence-electron chi connectivity index (χ4n) is 4.33. The molecule has 4 heterocycles. The number of aryl methyl sites for hydroxylation is 2. The van der Waals surface area contributed by atoms with Crippen molar-refractivity contribution < 1.29 is 18.1 Å².